The number of rotatable bonds is 3. The average Bonchev–Trinajstić information content (AvgIpc) is 2.25. The summed E-state index contributed by atoms with van der Waals surface area (Å²) < 4.78 is 0. The Balaban J connectivity index is 3.10. The number of aliphatic hydroxyl groups is 1. The maximum absolute atomic E-state index is 12.3. The topological polar surface area (TPSA) is 66.6 Å². The predicted octanol–water partition coefficient (Wildman–Crippen LogP) is 1.64. The number of para-hydroxylation sites is 2. The normalized spacial score (nSPS) is 11.3. The maximum Gasteiger partial charge on any atom is 0.232 e. The highest BCUT2D eigenvalue weighted by Crippen LogP contribution is 2.27. The van der Waals surface area contributed by atoms with Crippen LogP contribution in [0.5, 0.6) is 0 Å². The summed E-state index contributed by atoms with van der Waals surface area (Å²) in [7, 11) is 0. The Morgan fingerprint density at radius 2 is 1.94 bits per heavy atom. The van der Waals surface area contributed by atoms with E-state index in [9.17, 15) is 4.79 Å². The second-order valence-corrected chi connectivity index (χ2v) is 4.99. The summed E-state index contributed by atoms with van der Waals surface area (Å²) in [4.78, 5) is 13.8. The lowest BCUT2D eigenvalue weighted by Crippen LogP contribution is -2.41. The fraction of sp³-hybridized carbons (Fsp3) is 0.462. The van der Waals surface area contributed by atoms with E-state index in [1.165, 1.54) is 4.90 Å². The van der Waals surface area contributed by atoms with Gasteiger partial charge in [-0.1, -0.05) is 32.9 Å². The molecule has 3 N–H and O–H groups in total. The lowest BCUT2D eigenvalue weighted by Gasteiger charge is -2.29. The molecular formula is C13H20N2O2. The summed E-state index contributed by atoms with van der Waals surface area (Å²) in [6.45, 7) is 5.71. The third-order valence-electron chi connectivity index (χ3n) is 2.44. The zero-order chi connectivity index (χ0) is 13.1. The molecule has 0 aliphatic heterocycles. The number of carbonyl (C=O) groups excluding carboxylic acids is 1. The number of hydrogen-bond donors (Lipinski definition) is 2. The van der Waals surface area contributed by atoms with E-state index in [4.69, 9.17) is 10.8 Å². The summed E-state index contributed by atoms with van der Waals surface area (Å²) in [5.74, 6) is -0.0514. The molecule has 1 aromatic rings. The Labute approximate surface area is 102 Å². The quantitative estimate of drug-likeness (QED) is 0.784. The van der Waals surface area contributed by atoms with Crippen molar-refractivity contribution in [2.75, 3.05) is 23.8 Å². The van der Waals surface area contributed by atoms with Gasteiger partial charge >= 0.3 is 0 Å². The minimum atomic E-state index is -0.503. The first-order chi connectivity index (χ1) is 7.88. The van der Waals surface area contributed by atoms with Crippen molar-refractivity contribution >= 4 is 17.3 Å². The lowest BCUT2D eigenvalue weighted by atomic mass is 9.94. The molecular weight excluding hydrogens is 216 g/mol. The van der Waals surface area contributed by atoms with Crippen LogP contribution in [0, 0.1) is 5.41 Å². The fourth-order valence-electron chi connectivity index (χ4n) is 1.57. The number of carbonyl (C=O) groups is 1. The number of amides is 1. The van der Waals surface area contributed by atoms with Crippen molar-refractivity contribution in [1.82, 2.24) is 0 Å². The summed E-state index contributed by atoms with van der Waals surface area (Å²) in [5.41, 5.74) is 6.55. The first kappa shape index (κ1) is 13.5. The van der Waals surface area contributed by atoms with E-state index in [0.29, 0.717) is 11.4 Å². The van der Waals surface area contributed by atoms with Gasteiger partial charge < -0.3 is 15.7 Å². The molecule has 0 fully saturated rings. The average molecular weight is 236 g/mol. The van der Waals surface area contributed by atoms with Crippen LogP contribution in [0.15, 0.2) is 24.3 Å². The van der Waals surface area contributed by atoms with Crippen LogP contribution in [0.1, 0.15) is 20.8 Å². The third-order valence-corrected chi connectivity index (χ3v) is 2.44. The van der Waals surface area contributed by atoms with Gasteiger partial charge in [0.15, 0.2) is 0 Å². The van der Waals surface area contributed by atoms with Crippen molar-refractivity contribution < 1.29 is 9.90 Å². The van der Waals surface area contributed by atoms with Crippen LogP contribution in [0.4, 0.5) is 11.4 Å². The van der Waals surface area contributed by atoms with E-state index >= 15 is 0 Å². The molecule has 0 unspecified atom stereocenters. The number of aliphatic hydroxyl groups excluding tert-OH is 1. The van der Waals surface area contributed by atoms with Gasteiger partial charge in [-0.3, -0.25) is 4.79 Å². The summed E-state index contributed by atoms with van der Waals surface area (Å²) in [6, 6.07) is 7.17. The van der Waals surface area contributed by atoms with Crippen molar-refractivity contribution in [3.05, 3.63) is 24.3 Å². The highest BCUT2D eigenvalue weighted by Gasteiger charge is 2.28. The first-order valence-electron chi connectivity index (χ1n) is 5.65. The molecule has 0 saturated carbocycles. The second kappa shape index (κ2) is 5.19. The zero-order valence-corrected chi connectivity index (χ0v) is 10.6. The Hall–Kier alpha value is -1.55. The van der Waals surface area contributed by atoms with Crippen molar-refractivity contribution in [3.8, 4) is 0 Å². The van der Waals surface area contributed by atoms with Crippen LogP contribution in [0.25, 0.3) is 0 Å². The number of hydrogen-bond acceptors (Lipinski definition) is 3. The van der Waals surface area contributed by atoms with Crippen molar-refractivity contribution in [2.24, 2.45) is 5.41 Å². The van der Waals surface area contributed by atoms with E-state index in [0.717, 1.165) is 0 Å². The van der Waals surface area contributed by atoms with Crippen molar-refractivity contribution in [2.45, 2.75) is 20.8 Å². The number of nitrogens with two attached hydrogens (primary N) is 1. The summed E-state index contributed by atoms with van der Waals surface area (Å²) in [6.07, 6.45) is 0. The van der Waals surface area contributed by atoms with E-state index < -0.39 is 5.41 Å². The SMILES string of the molecule is CC(C)(C)C(=O)N(CCO)c1ccccc1N. The van der Waals surface area contributed by atoms with Crippen molar-refractivity contribution in [3.63, 3.8) is 0 Å². The van der Waals surface area contributed by atoms with Gasteiger partial charge in [-0.2, -0.15) is 0 Å². The zero-order valence-electron chi connectivity index (χ0n) is 10.6. The molecule has 0 aromatic heterocycles. The molecule has 94 valence electrons. The number of benzene rings is 1. The van der Waals surface area contributed by atoms with Crippen LogP contribution in [0.3, 0.4) is 0 Å². The largest absolute Gasteiger partial charge is 0.397 e. The minimum absolute atomic E-state index is 0.0514. The Kier molecular flexibility index (Phi) is 4.12. The smallest absolute Gasteiger partial charge is 0.232 e. The van der Waals surface area contributed by atoms with Gasteiger partial charge in [0.05, 0.1) is 18.0 Å². The summed E-state index contributed by atoms with van der Waals surface area (Å²) in [5, 5.41) is 9.07. The van der Waals surface area contributed by atoms with Gasteiger partial charge in [0.1, 0.15) is 0 Å². The molecule has 1 aromatic carbocycles. The standard InChI is InChI=1S/C13H20N2O2/c1-13(2,3)12(17)15(8-9-16)11-7-5-4-6-10(11)14/h4-7,16H,8-9,14H2,1-3H3. The molecule has 1 amide bonds. The second-order valence-electron chi connectivity index (χ2n) is 4.99. The van der Waals surface area contributed by atoms with E-state index in [2.05, 4.69) is 0 Å². The molecule has 0 aliphatic carbocycles. The monoisotopic (exact) mass is 236 g/mol. The number of nitrogen functional groups attached to an aromatic ring is 1. The van der Waals surface area contributed by atoms with E-state index in [-0.39, 0.29) is 19.1 Å². The molecule has 0 heterocycles. The highest BCUT2D eigenvalue weighted by atomic mass is 16.3. The van der Waals surface area contributed by atoms with Gasteiger partial charge in [0.25, 0.3) is 0 Å². The van der Waals surface area contributed by atoms with Crippen LogP contribution < -0.4 is 10.6 Å². The van der Waals surface area contributed by atoms with Gasteiger partial charge in [-0.05, 0) is 12.1 Å². The Bertz CT molecular complexity index is 397. The maximum atomic E-state index is 12.3. The summed E-state index contributed by atoms with van der Waals surface area (Å²) >= 11 is 0. The Morgan fingerprint density at radius 3 is 2.41 bits per heavy atom. The molecule has 0 bridgehead atoms. The molecule has 17 heavy (non-hydrogen) atoms. The van der Waals surface area contributed by atoms with Crippen LogP contribution >= 0.6 is 0 Å². The molecule has 0 saturated heterocycles. The molecule has 0 atom stereocenters. The van der Waals surface area contributed by atoms with Gasteiger partial charge in [-0.25, -0.2) is 0 Å². The van der Waals surface area contributed by atoms with Crippen molar-refractivity contribution in [1.29, 1.82) is 0 Å². The van der Waals surface area contributed by atoms with Gasteiger partial charge in [-0.15, -0.1) is 0 Å². The Morgan fingerprint density at radius 1 is 1.35 bits per heavy atom. The molecule has 4 heteroatoms. The minimum Gasteiger partial charge on any atom is -0.397 e. The van der Waals surface area contributed by atoms with Crippen LogP contribution in [-0.2, 0) is 4.79 Å². The fourth-order valence-corrected chi connectivity index (χ4v) is 1.57. The van der Waals surface area contributed by atoms with E-state index in [1.54, 1.807) is 12.1 Å². The third kappa shape index (κ3) is 3.20. The van der Waals surface area contributed by atoms with Crippen LogP contribution in [0.2, 0.25) is 0 Å². The lowest BCUT2D eigenvalue weighted by molar-refractivity contribution is -0.125. The number of anilines is 2. The first-order valence-corrected chi connectivity index (χ1v) is 5.65. The predicted molar refractivity (Wildman–Crippen MR) is 69.7 cm³/mol. The number of nitrogens with zero attached hydrogens (tertiary/aromatic N) is 1. The molecule has 0 spiro atoms. The molecule has 0 radical (unpaired) electrons. The van der Waals surface area contributed by atoms with Gasteiger partial charge in [0.2, 0.25) is 5.91 Å². The van der Waals surface area contributed by atoms with Gasteiger partial charge in [0, 0.05) is 12.0 Å². The molecule has 1 rings (SSSR count). The highest BCUT2D eigenvalue weighted by molar-refractivity contribution is 5.99. The molecule has 4 nitrogen and oxygen atoms in total. The van der Waals surface area contributed by atoms with E-state index in [1.807, 2.05) is 32.9 Å². The van der Waals surface area contributed by atoms with Crippen LogP contribution in [-0.4, -0.2) is 24.2 Å². The molecule has 0 aliphatic rings.